The van der Waals surface area contributed by atoms with Crippen molar-refractivity contribution in [2.45, 2.75) is 19.9 Å². The fraction of sp³-hybridized carbons (Fsp3) is 0.412. The van der Waals surface area contributed by atoms with Gasteiger partial charge in [-0.2, -0.15) is 0 Å². The molecule has 122 valence electrons. The number of benzene rings is 1. The molecule has 23 heavy (non-hydrogen) atoms. The highest BCUT2D eigenvalue weighted by Crippen LogP contribution is 2.23. The zero-order valence-electron chi connectivity index (χ0n) is 13.4. The summed E-state index contributed by atoms with van der Waals surface area (Å²) in [7, 11) is 0. The molecule has 1 atom stereocenters. The summed E-state index contributed by atoms with van der Waals surface area (Å²) < 4.78 is 5.33. The maximum absolute atomic E-state index is 12.4. The Labute approximate surface area is 140 Å². The van der Waals surface area contributed by atoms with E-state index in [9.17, 15) is 4.79 Å². The lowest BCUT2D eigenvalue weighted by Crippen LogP contribution is -2.47. The number of ether oxygens (including phenoxy) is 1. The van der Waals surface area contributed by atoms with Gasteiger partial charge in [0.05, 0.1) is 30.0 Å². The second-order valence-electron chi connectivity index (χ2n) is 5.64. The third-order valence-electron chi connectivity index (χ3n) is 4.04. The van der Waals surface area contributed by atoms with Gasteiger partial charge in [0.15, 0.2) is 0 Å². The minimum Gasteiger partial charge on any atom is -0.379 e. The Morgan fingerprint density at radius 2 is 2.00 bits per heavy atom. The molecule has 1 aromatic heterocycles. The van der Waals surface area contributed by atoms with Crippen LogP contribution in [-0.2, 0) is 9.53 Å². The molecule has 0 unspecified atom stereocenters. The number of aryl methyl sites for hydroxylation is 1. The third kappa shape index (κ3) is 3.96. The topological polar surface area (TPSA) is 54.5 Å². The molecule has 6 heteroatoms. The highest BCUT2D eigenvalue weighted by atomic mass is 32.1. The molecular formula is C17H21N3O2S. The lowest BCUT2D eigenvalue weighted by Gasteiger charge is -2.31. The maximum atomic E-state index is 12.4. The molecule has 0 spiro atoms. The van der Waals surface area contributed by atoms with Gasteiger partial charge < -0.3 is 10.1 Å². The average Bonchev–Trinajstić information content (AvgIpc) is 3.02. The molecule has 0 aliphatic carbocycles. The van der Waals surface area contributed by atoms with E-state index in [-0.39, 0.29) is 11.9 Å². The Balaban J connectivity index is 1.62. The van der Waals surface area contributed by atoms with Gasteiger partial charge in [-0.15, -0.1) is 11.3 Å². The molecule has 1 aliphatic rings. The van der Waals surface area contributed by atoms with E-state index in [1.807, 2.05) is 43.5 Å². The Hall–Kier alpha value is -1.76. The van der Waals surface area contributed by atoms with Crippen molar-refractivity contribution in [3.8, 4) is 11.3 Å². The maximum Gasteiger partial charge on any atom is 0.241 e. The van der Waals surface area contributed by atoms with Gasteiger partial charge in [0.1, 0.15) is 0 Å². The molecule has 1 fully saturated rings. The van der Waals surface area contributed by atoms with E-state index in [1.54, 1.807) is 11.3 Å². The van der Waals surface area contributed by atoms with Crippen LogP contribution in [0.3, 0.4) is 0 Å². The Morgan fingerprint density at radius 1 is 1.30 bits per heavy atom. The van der Waals surface area contributed by atoms with E-state index < -0.39 is 0 Å². The largest absolute Gasteiger partial charge is 0.379 e. The fourth-order valence-corrected chi connectivity index (χ4v) is 3.22. The van der Waals surface area contributed by atoms with Gasteiger partial charge in [-0.25, -0.2) is 4.98 Å². The number of aromatic nitrogens is 1. The lowest BCUT2D eigenvalue weighted by atomic mass is 10.1. The number of morpholine rings is 1. The van der Waals surface area contributed by atoms with Crippen LogP contribution in [0.5, 0.6) is 0 Å². The van der Waals surface area contributed by atoms with Gasteiger partial charge in [0.2, 0.25) is 5.91 Å². The molecule has 1 aliphatic heterocycles. The zero-order chi connectivity index (χ0) is 16.2. The van der Waals surface area contributed by atoms with Gasteiger partial charge in [-0.3, -0.25) is 9.69 Å². The van der Waals surface area contributed by atoms with Crippen molar-refractivity contribution in [3.05, 3.63) is 34.7 Å². The van der Waals surface area contributed by atoms with Crippen LogP contribution >= 0.6 is 11.3 Å². The van der Waals surface area contributed by atoms with Gasteiger partial charge in [-0.05, 0) is 26.0 Å². The zero-order valence-corrected chi connectivity index (χ0v) is 14.2. The number of nitrogens with one attached hydrogen (secondary N) is 1. The number of hydrogen-bond acceptors (Lipinski definition) is 5. The van der Waals surface area contributed by atoms with E-state index in [4.69, 9.17) is 4.74 Å². The number of amides is 1. The van der Waals surface area contributed by atoms with Crippen molar-refractivity contribution in [2.24, 2.45) is 0 Å². The molecule has 1 N–H and O–H groups in total. The van der Waals surface area contributed by atoms with Crippen LogP contribution in [-0.4, -0.2) is 48.1 Å². The molecule has 2 aromatic rings. The van der Waals surface area contributed by atoms with Crippen molar-refractivity contribution >= 4 is 22.9 Å². The fourth-order valence-electron chi connectivity index (χ4n) is 2.60. The Kier molecular flexibility index (Phi) is 5.05. The van der Waals surface area contributed by atoms with E-state index in [2.05, 4.69) is 15.2 Å². The van der Waals surface area contributed by atoms with Gasteiger partial charge in [-0.1, -0.05) is 12.1 Å². The molecule has 0 saturated carbocycles. The number of anilines is 1. The SMILES string of the molecule is Cc1nc(-c2ccc(NC(=O)[C@H](C)N3CCOCC3)cc2)cs1. The van der Waals surface area contributed by atoms with Crippen LogP contribution in [0.2, 0.25) is 0 Å². The first kappa shape index (κ1) is 16.1. The van der Waals surface area contributed by atoms with Crippen LogP contribution in [0.1, 0.15) is 11.9 Å². The number of carbonyl (C=O) groups is 1. The summed E-state index contributed by atoms with van der Waals surface area (Å²) in [5.41, 5.74) is 2.85. The van der Waals surface area contributed by atoms with E-state index in [1.165, 1.54) is 0 Å². The predicted octanol–water partition coefficient (Wildman–Crippen LogP) is 2.78. The van der Waals surface area contributed by atoms with E-state index in [0.29, 0.717) is 13.2 Å². The average molecular weight is 331 g/mol. The smallest absolute Gasteiger partial charge is 0.241 e. The normalized spacial score (nSPS) is 17.0. The Bertz CT molecular complexity index is 663. The third-order valence-corrected chi connectivity index (χ3v) is 4.81. The molecule has 0 bridgehead atoms. The summed E-state index contributed by atoms with van der Waals surface area (Å²) in [6, 6.07) is 7.68. The first-order chi connectivity index (χ1) is 11.1. The van der Waals surface area contributed by atoms with Crippen LogP contribution in [0, 0.1) is 6.92 Å². The number of nitrogens with zero attached hydrogens (tertiary/aromatic N) is 2. The van der Waals surface area contributed by atoms with E-state index in [0.717, 1.165) is 35.0 Å². The van der Waals surface area contributed by atoms with Gasteiger partial charge >= 0.3 is 0 Å². The van der Waals surface area contributed by atoms with Crippen LogP contribution in [0.25, 0.3) is 11.3 Å². The molecule has 0 radical (unpaired) electrons. The summed E-state index contributed by atoms with van der Waals surface area (Å²) >= 11 is 1.64. The van der Waals surface area contributed by atoms with Crippen molar-refractivity contribution in [1.82, 2.24) is 9.88 Å². The first-order valence-corrected chi connectivity index (χ1v) is 8.66. The molecule has 2 heterocycles. The molecule has 1 aromatic carbocycles. The molecule has 5 nitrogen and oxygen atoms in total. The predicted molar refractivity (Wildman–Crippen MR) is 92.8 cm³/mol. The summed E-state index contributed by atoms with van der Waals surface area (Å²) in [6.45, 7) is 6.93. The lowest BCUT2D eigenvalue weighted by molar-refractivity contribution is -0.122. The van der Waals surface area contributed by atoms with Crippen LogP contribution in [0.4, 0.5) is 5.69 Å². The molecule has 3 rings (SSSR count). The Morgan fingerprint density at radius 3 is 2.61 bits per heavy atom. The summed E-state index contributed by atoms with van der Waals surface area (Å²) in [6.07, 6.45) is 0. The monoisotopic (exact) mass is 331 g/mol. The van der Waals surface area contributed by atoms with E-state index >= 15 is 0 Å². The molecule has 1 amide bonds. The summed E-state index contributed by atoms with van der Waals surface area (Å²) in [4.78, 5) is 19.0. The minimum atomic E-state index is -0.153. The number of carbonyl (C=O) groups excluding carboxylic acids is 1. The van der Waals surface area contributed by atoms with Crippen LogP contribution < -0.4 is 5.32 Å². The first-order valence-electron chi connectivity index (χ1n) is 7.79. The second-order valence-corrected chi connectivity index (χ2v) is 6.70. The van der Waals surface area contributed by atoms with Crippen molar-refractivity contribution in [1.29, 1.82) is 0 Å². The van der Waals surface area contributed by atoms with Gasteiger partial charge in [0, 0.05) is 29.7 Å². The minimum absolute atomic E-state index is 0.0177. The second kappa shape index (κ2) is 7.21. The number of rotatable bonds is 4. The van der Waals surface area contributed by atoms with Crippen molar-refractivity contribution in [3.63, 3.8) is 0 Å². The molecular weight excluding hydrogens is 310 g/mol. The van der Waals surface area contributed by atoms with Crippen molar-refractivity contribution in [2.75, 3.05) is 31.6 Å². The summed E-state index contributed by atoms with van der Waals surface area (Å²) in [5, 5.41) is 6.08. The number of thiazole rings is 1. The highest BCUT2D eigenvalue weighted by Gasteiger charge is 2.23. The summed E-state index contributed by atoms with van der Waals surface area (Å²) in [5.74, 6) is 0.0177. The van der Waals surface area contributed by atoms with Crippen molar-refractivity contribution < 1.29 is 9.53 Å². The highest BCUT2D eigenvalue weighted by molar-refractivity contribution is 7.09. The van der Waals surface area contributed by atoms with Gasteiger partial charge in [0.25, 0.3) is 0 Å². The molecule has 1 saturated heterocycles. The number of hydrogen-bond donors (Lipinski definition) is 1. The van der Waals surface area contributed by atoms with Crippen LogP contribution in [0.15, 0.2) is 29.6 Å². The standard InChI is InChI=1S/C17H21N3O2S/c1-12(20-7-9-22-10-8-20)17(21)19-15-5-3-14(4-6-15)16-11-23-13(2)18-16/h3-6,11-12H,7-10H2,1-2H3,(H,19,21)/t12-/m0/s1. The quantitative estimate of drug-likeness (QED) is 0.936.